The SMILES string of the molecule is CC(C)CCC[C@H](C)[C@@H]1CC[C@@H]2[C@H]3[C@H](N4CCCCC4)C=C4C[C@@H](OC(=O)c5ccccc5)CC[C@]4(C)[C@H]3CC[C@@]21C. The highest BCUT2D eigenvalue weighted by Crippen LogP contribution is 2.68. The van der Waals surface area contributed by atoms with Crippen molar-refractivity contribution in [1.82, 2.24) is 4.90 Å². The summed E-state index contributed by atoms with van der Waals surface area (Å²) >= 11 is 0. The van der Waals surface area contributed by atoms with E-state index < -0.39 is 0 Å². The molecule has 6 rings (SSSR count). The maximum absolute atomic E-state index is 13.0. The predicted molar refractivity (Wildman–Crippen MR) is 173 cm³/mol. The summed E-state index contributed by atoms with van der Waals surface area (Å²) in [6, 6.07) is 10.1. The van der Waals surface area contributed by atoms with Gasteiger partial charge in [-0.3, -0.25) is 4.90 Å². The van der Waals surface area contributed by atoms with E-state index in [0.29, 0.717) is 17.0 Å². The van der Waals surface area contributed by atoms with E-state index in [4.69, 9.17) is 4.74 Å². The average Bonchev–Trinajstić information content (AvgIpc) is 3.35. The van der Waals surface area contributed by atoms with Crippen molar-refractivity contribution < 1.29 is 9.53 Å². The van der Waals surface area contributed by atoms with E-state index in [1.165, 1.54) is 77.3 Å². The van der Waals surface area contributed by atoms with Crippen LogP contribution in [-0.2, 0) is 4.74 Å². The smallest absolute Gasteiger partial charge is 0.338 e. The normalized spacial score (nSPS) is 39.1. The van der Waals surface area contributed by atoms with Gasteiger partial charge in [-0.25, -0.2) is 4.79 Å². The Kier molecular flexibility index (Phi) is 8.99. The molecular weight excluding hydrogens is 514 g/mol. The Bertz CT molecular complexity index is 1100. The first-order valence-corrected chi connectivity index (χ1v) is 17.9. The van der Waals surface area contributed by atoms with Crippen molar-refractivity contribution in [1.29, 1.82) is 0 Å². The van der Waals surface area contributed by atoms with Gasteiger partial charge in [0.25, 0.3) is 0 Å². The lowest BCUT2D eigenvalue weighted by molar-refractivity contribution is -0.0881. The predicted octanol–water partition coefficient (Wildman–Crippen LogP) is 9.72. The summed E-state index contributed by atoms with van der Waals surface area (Å²) in [6.45, 7) is 15.2. The standard InChI is InChI=1S/C39H59NO2/c1-27(2)13-12-14-28(3)32-17-18-33-36-34(20-22-39(32,33)5)38(4)21-19-31(42-37(41)29-15-8-6-9-16-29)25-30(38)26-35(36)40-23-10-7-11-24-40/h6,8-9,15-16,26-28,31-36H,7,10-14,17-25H2,1-5H3/t28-,31-,32-,33+,34-,35+,36+,38-,39+/m0/s1. The zero-order valence-corrected chi connectivity index (χ0v) is 27.5. The molecule has 0 bridgehead atoms. The molecule has 9 atom stereocenters. The Morgan fingerprint density at radius 2 is 1.69 bits per heavy atom. The minimum atomic E-state index is -0.154. The number of piperidine rings is 1. The van der Waals surface area contributed by atoms with Crippen LogP contribution < -0.4 is 0 Å². The van der Waals surface area contributed by atoms with Crippen molar-refractivity contribution in [2.75, 3.05) is 13.1 Å². The van der Waals surface area contributed by atoms with Gasteiger partial charge < -0.3 is 4.74 Å². The quantitative estimate of drug-likeness (QED) is 0.229. The summed E-state index contributed by atoms with van der Waals surface area (Å²) in [5.74, 6) is 4.82. The number of carbonyl (C=O) groups excluding carboxylic acids is 1. The molecule has 1 aromatic rings. The van der Waals surface area contributed by atoms with E-state index in [1.54, 1.807) is 5.57 Å². The fourth-order valence-electron chi connectivity index (χ4n) is 11.1. The number of hydrogen-bond donors (Lipinski definition) is 0. The van der Waals surface area contributed by atoms with Crippen LogP contribution in [0.4, 0.5) is 0 Å². The van der Waals surface area contributed by atoms with Gasteiger partial charge in [0.05, 0.1) is 5.56 Å². The van der Waals surface area contributed by atoms with Gasteiger partial charge in [0.1, 0.15) is 6.10 Å². The minimum absolute atomic E-state index is 0.00648. The first-order valence-electron chi connectivity index (χ1n) is 17.9. The van der Waals surface area contributed by atoms with Gasteiger partial charge >= 0.3 is 5.97 Å². The molecule has 0 radical (unpaired) electrons. The number of nitrogens with zero attached hydrogens (tertiary/aromatic N) is 1. The summed E-state index contributed by atoms with van der Waals surface area (Å²) < 4.78 is 6.17. The van der Waals surface area contributed by atoms with E-state index >= 15 is 0 Å². The molecule has 1 aliphatic heterocycles. The van der Waals surface area contributed by atoms with Crippen molar-refractivity contribution in [2.24, 2.45) is 46.3 Å². The largest absolute Gasteiger partial charge is 0.458 e. The summed E-state index contributed by atoms with van der Waals surface area (Å²) in [5, 5.41) is 0. The number of likely N-dealkylation sites (tertiary alicyclic amines) is 1. The van der Waals surface area contributed by atoms with E-state index in [0.717, 1.165) is 54.8 Å². The van der Waals surface area contributed by atoms with Crippen LogP contribution in [0.25, 0.3) is 0 Å². The van der Waals surface area contributed by atoms with Crippen molar-refractivity contribution in [3.05, 3.63) is 47.5 Å². The molecule has 3 saturated carbocycles. The van der Waals surface area contributed by atoms with Crippen LogP contribution in [0.5, 0.6) is 0 Å². The number of ether oxygens (including phenoxy) is 1. The zero-order valence-electron chi connectivity index (χ0n) is 27.5. The molecule has 1 heterocycles. The van der Waals surface area contributed by atoms with E-state index in [-0.39, 0.29) is 17.5 Å². The molecule has 3 heteroatoms. The zero-order chi connectivity index (χ0) is 29.5. The fraction of sp³-hybridized carbons (Fsp3) is 0.769. The maximum Gasteiger partial charge on any atom is 0.338 e. The molecule has 0 spiro atoms. The molecule has 0 N–H and O–H groups in total. The van der Waals surface area contributed by atoms with Crippen molar-refractivity contribution in [3.8, 4) is 0 Å². The Morgan fingerprint density at radius 3 is 2.43 bits per heavy atom. The fourth-order valence-corrected chi connectivity index (χ4v) is 11.1. The number of fused-ring (bicyclic) bond motifs is 5. The van der Waals surface area contributed by atoms with Gasteiger partial charge in [-0.2, -0.15) is 0 Å². The van der Waals surface area contributed by atoms with Crippen LogP contribution in [0.1, 0.15) is 128 Å². The lowest BCUT2D eigenvalue weighted by atomic mass is 9.45. The Labute approximate surface area is 257 Å². The van der Waals surface area contributed by atoms with Gasteiger partial charge in [0.2, 0.25) is 0 Å². The molecule has 0 amide bonds. The number of carbonyl (C=O) groups is 1. The molecule has 5 aliphatic rings. The van der Waals surface area contributed by atoms with Crippen LogP contribution in [0.3, 0.4) is 0 Å². The van der Waals surface area contributed by atoms with Gasteiger partial charge in [-0.05, 0) is 123 Å². The van der Waals surface area contributed by atoms with Crippen LogP contribution in [0.2, 0.25) is 0 Å². The molecule has 0 unspecified atom stereocenters. The van der Waals surface area contributed by atoms with Crippen LogP contribution in [0, 0.1) is 46.3 Å². The second kappa shape index (κ2) is 12.4. The van der Waals surface area contributed by atoms with E-state index in [2.05, 4.69) is 45.6 Å². The van der Waals surface area contributed by atoms with Crippen molar-refractivity contribution >= 4 is 5.97 Å². The van der Waals surface area contributed by atoms with E-state index in [1.807, 2.05) is 30.3 Å². The average molecular weight is 574 g/mol. The first-order chi connectivity index (χ1) is 20.2. The first kappa shape index (κ1) is 30.4. The summed E-state index contributed by atoms with van der Waals surface area (Å²) in [5.41, 5.74) is 3.05. The van der Waals surface area contributed by atoms with Crippen molar-refractivity contribution in [3.63, 3.8) is 0 Å². The van der Waals surface area contributed by atoms with Gasteiger partial charge in [-0.1, -0.05) is 90.2 Å². The lowest BCUT2D eigenvalue weighted by Crippen LogP contribution is -2.59. The Balaban J connectivity index is 1.25. The summed E-state index contributed by atoms with van der Waals surface area (Å²) in [6.07, 6.45) is 19.9. The Morgan fingerprint density at radius 1 is 0.929 bits per heavy atom. The van der Waals surface area contributed by atoms with Crippen LogP contribution in [0.15, 0.2) is 42.0 Å². The minimum Gasteiger partial charge on any atom is -0.458 e. The monoisotopic (exact) mass is 573 g/mol. The van der Waals surface area contributed by atoms with Gasteiger partial charge in [0.15, 0.2) is 0 Å². The molecule has 232 valence electrons. The third-order valence-electron chi connectivity index (χ3n) is 13.4. The topological polar surface area (TPSA) is 29.5 Å². The van der Waals surface area contributed by atoms with Gasteiger partial charge in [-0.15, -0.1) is 0 Å². The van der Waals surface area contributed by atoms with E-state index in [9.17, 15) is 4.79 Å². The molecular formula is C39H59NO2. The highest BCUT2D eigenvalue weighted by molar-refractivity contribution is 5.89. The van der Waals surface area contributed by atoms with Crippen LogP contribution in [-0.4, -0.2) is 36.1 Å². The molecule has 42 heavy (non-hydrogen) atoms. The molecule has 3 nitrogen and oxygen atoms in total. The molecule has 4 aliphatic carbocycles. The lowest BCUT2D eigenvalue weighted by Gasteiger charge is -2.62. The number of rotatable bonds is 8. The molecule has 1 saturated heterocycles. The highest BCUT2D eigenvalue weighted by Gasteiger charge is 2.62. The number of esters is 1. The molecule has 0 aromatic heterocycles. The highest BCUT2D eigenvalue weighted by atomic mass is 16.5. The summed E-state index contributed by atoms with van der Waals surface area (Å²) in [7, 11) is 0. The third-order valence-corrected chi connectivity index (χ3v) is 13.4. The second-order valence-electron chi connectivity index (χ2n) is 16.2. The second-order valence-corrected chi connectivity index (χ2v) is 16.2. The summed E-state index contributed by atoms with van der Waals surface area (Å²) in [4.78, 5) is 15.9. The Hall–Kier alpha value is -1.61. The van der Waals surface area contributed by atoms with Gasteiger partial charge in [0, 0.05) is 12.5 Å². The van der Waals surface area contributed by atoms with Crippen molar-refractivity contribution in [2.45, 2.75) is 130 Å². The van der Waals surface area contributed by atoms with Crippen LogP contribution >= 0.6 is 0 Å². The number of benzene rings is 1. The molecule has 4 fully saturated rings. The third kappa shape index (κ3) is 5.66. The maximum atomic E-state index is 13.0. The number of hydrogen-bond acceptors (Lipinski definition) is 3. The molecule has 1 aromatic carbocycles.